The fraction of sp³-hybridized carbons (Fsp3) is 0.462. The molecule has 0 saturated heterocycles. The average Bonchev–Trinajstić information content (AvgIpc) is 2.87. The van der Waals surface area contributed by atoms with Gasteiger partial charge in [0.2, 0.25) is 0 Å². The Balaban J connectivity index is 1.85. The highest BCUT2D eigenvalue weighted by Crippen LogP contribution is 2.56. The molecule has 1 fully saturated rings. The molecule has 7 heteroatoms. The summed E-state index contributed by atoms with van der Waals surface area (Å²) in [6.07, 6.45) is 7.48. The van der Waals surface area contributed by atoms with Crippen molar-refractivity contribution in [3.05, 3.63) is 29.8 Å². The molecule has 1 saturated carbocycles. The monoisotopic (exact) mass is 292 g/mol. The van der Waals surface area contributed by atoms with Crippen molar-refractivity contribution in [2.24, 2.45) is 11.7 Å². The van der Waals surface area contributed by atoms with Gasteiger partial charge in [-0.3, -0.25) is 9.36 Å². The van der Waals surface area contributed by atoms with E-state index in [9.17, 15) is 9.90 Å². The van der Waals surface area contributed by atoms with Crippen molar-refractivity contribution in [2.75, 3.05) is 6.54 Å². The number of aromatic nitrogens is 3. The Hall–Kier alpha value is -1.73. The molecule has 6 nitrogen and oxygen atoms in total. The minimum absolute atomic E-state index is 0.142. The van der Waals surface area contributed by atoms with Gasteiger partial charge in [-0.05, 0) is 31.7 Å². The van der Waals surface area contributed by atoms with Crippen molar-refractivity contribution in [2.45, 2.75) is 24.7 Å². The lowest BCUT2D eigenvalue weighted by molar-refractivity contribution is -0.140. The highest BCUT2D eigenvalue weighted by Gasteiger charge is 2.62. The third-order valence-electron chi connectivity index (χ3n) is 3.92. The summed E-state index contributed by atoms with van der Waals surface area (Å²) in [5, 5.41) is 12.2. The normalized spacial score (nSPS) is 24.8. The first kappa shape index (κ1) is 13.3. The summed E-state index contributed by atoms with van der Waals surface area (Å²) in [4.78, 5) is 20.2. The number of nitrogens with zero attached hydrogens (tertiary/aromatic N) is 3. The summed E-state index contributed by atoms with van der Waals surface area (Å²) in [5.41, 5.74) is 5.31. The van der Waals surface area contributed by atoms with Crippen LogP contribution in [0.5, 0.6) is 0 Å². The molecule has 0 amide bonds. The van der Waals surface area contributed by atoms with Gasteiger partial charge in [-0.1, -0.05) is 0 Å². The molecule has 2 unspecified atom stereocenters. The fourth-order valence-electron chi connectivity index (χ4n) is 2.73. The van der Waals surface area contributed by atoms with Crippen LogP contribution < -0.4 is 5.73 Å². The second-order valence-corrected chi connectivity index (χ2v) is 5.96. The minimum atomic E-state index is -0.822. The first-order valence-electron chi connectivity index (χ1n) is 6.56. The van der Waals surface area contributed by atoms with E-state index < -0.39 is 11.4 Å². The highest BCUT2D eigenvalue weighted by atomic mass is 32.1. The molecule has 0 aromatic carbocycles. The number of carbonyl (C=O) groups is 1. The van der Waals surface area contributed by atoms with Gasteiger partial charge >= 0.3 is 5.97 Å². The molecule has 1 aliphatic rings. The zero-order chi connectivity index (χ0) is 14.2. The maximum Gasteiger partial charge on any atom is 0.316 e. The predicted molar refractivity (Wildman–Crippen MR) is 74.9 cm³/mol. The van der Waals surface area contributed by atoms with Gasteiger partial charge in [-0.15, -0.1) is 11.3 Å². The smallest absolute Gasteiger partial charge is 0.316 e. The van der Waals surface area contributed by atoms with Gasteiger partial charge in [0.1, 0.15) is 11.7 Å². The van der Waals surface area contributed by atoms with E-state index in [2.05, 4.69) is 9.97 Å². The molecular formula is C13H16N4O2S. The Labute approximate surface area is 120 Å². The van der Waals surface area contributed by atoms with Gasteiger partial charge in [0, 0.05) is 17.8 Å². The quantitative estimate of drug-likeness (QED) is 0.839. The number of rotatable bonds is 6. The molecule has 0 aliphatic heterocycles. The van der Waals surface area contributed by atoms with Gasteiger partial charge in [0.25, 0.3) is 0 Å². The molecule has 0 spiro atoms. The first-order valence-corrected chi connectivity index (χ1v) is 7.44. The van der Waals surface area contributed by atoms with Crippen LogP contribution in [0.4, 0.5) is 0 Å². The number of hydrogen-bond acceptors (Lipinski definition) is 5. The lowest BCUT2D eigenvalue weighted by Gasteiger charge is -2.09. The number of hydrogen-bond donors (Lipinski definition) is 2. The molecular weight excluding hydrogens is 276 g/mol. The third kappa shape index (κ3) is 2.03. The minimum Gasteiger partial charge on any atom is -0.481 e. The maximum absolute atomic E-state index is 11.7. The summed E-state index contributed by atoms with van der Waals surface area (Å²) >= 11 is 1.49. The average molecular weight is 292 g/mol. The van der Waals surface area contributed by atoms with Gasteiger partial charge in [0.05, 0.1) is 5.69 Å². The molecule has 106 valence electrons. The molecule has 20 heavy (non-hydrogen) atoms. The van der Waals surface area contributed by atoms with Crippen molar-refractivity contribution in [3.8, 4) is 5.13 Å². The molecule has 2 heterocycles. The Morgan fingerprint density at radius 2 is 2.45 bits per heavy atom. The van der Waals surface area contributed by atoms with E-state index in [1.165, 1.54) is 11.3 Å². The number of aliphatic carboxylic acids is 1. The van der Waals surface area contributed by atoms with Crippen molar-refractivity contribution >= 4 is 17.3 Å². The fourth-order valence-corrected chi connectivity index (χ4v) is 3.32. The van der Waals surface area contributed by atoms with Crippen LogP contribution in [0.2, 0.25) is 0 Å². The van der Waals surface area contributed by atoms with Gasteiger partial charge < -0.3 is 10.8 Å². The summed E-state index contributed by atoms with van der Waals surface area (Å²) in [5.74, 6) is -0.646. The summed E-state index contributed by atoms with van der Waals surface area (Å²) in [6.45, 7) is 0.597. The Morgan fingerprint density at radius 3 is 3.10 bits per heavy atom. The molecule has 1 aliphatic carbocycles. The molecule has 3 N–H and O–H groups in total. The summed E-state index contributed by atoms with van der Waals surface area (Å²) in [6, 6.07) is 0. The number of carboxylic acids is 1. The van der Waals surface area contributed by atoms with E-state index in [0.717, 1.165) is 18.0 Å². The van der Waals surface area contributed by atoms with E-state index in [1.54, 1.807) is 23.3 Å². The molecule has 0 radical (unpaired) electrons. The Kier molecular flexibility index (Phi) is 3.31. The van der Waals surface area contributed by atoms with Gasteiger partial charge in [-0.25, -0.2) is 9.97 Å². The number of carboxylic acid groups (broad SMARTS) is 1. The molecule has 2 aromatic heterocycles. The van der Waals surface area contributed by atoms with Gasteiger partial charge in [0.15, 0.2) is 5.13 Å². The highest BCUT2D eigenvalue weighted by molar-refractivity contribution is 7.12. The van der Waals surface area contributed by atoms with Gasteiger partial charge in [-0.2, -0.15) is 0 Å². The van der Waals surface area contributed by atoms with E-state index >= 15 is 0 Å². The van der Waals surface area contributed by atoms with Crippen molar-refractivity contribution < 1.29 is 9.90 Å². The first-order chi connectivity index (χ1) is 9.68. The van der Waals surface area contributed by atoms with E-state index in [-0.39, 0.29) is 5.92 Å². The van der Waals surface area contributed by atoms with Crippen LogP contribution in [0.15, 0.2) is 24.1 Å². The Bertz CT molecular complexity index is 610. The van der Waals surface area contributed by atoms with Crippen LogP contribution in [-0.2, 0) is 10.2 Å². The number of nitrogens with two attached hydrogens (primary N) is 1. The summed E-state index contributed by atoms with van der Waals surface area (Å²) < 4.78 is 1.78. The predicted octanol–water partition coefficient (Wildman–Crippen LogP) is 1.41. The van der Waals surface area contributed by atoms with Crippen molar-refractivity contribution in [1.29, 1.82) is 0 Å². The zero-order valence-electron chi connectivity index (χ0n) is 10.9. The van der Waals surface area contributed by atoms with Crippen molar-refractivity contribution in [3.63, 3.8) is 0 Å². The van der Waals surface area contributed by atoms with Crippen LogP contribution in [0.3, 0.4) is 0 Å². The number of thiazole rings is 1. The largest absolute Gasteiger partial charge is 0.481 e. The van der Waals surface area contributed by atoms with Crippen LogP contribution in [-0.4, -0.2) is 32.2 Å². The van der Waals surface area contributed by atoms with E-state index in [1.807, 2.05) is 5.38 Å². The number of imidazole rings is 1. The zero-order valence-corrected chi connectivity index (χ0v) is 11.7. The second kappa shape index (κ2) is 4.99. The summed E-state index contributed by atoms with van der Waals surface area (Å²) in [7, 11) is 0. The molecule has 3 rings (SSSR count). The Morgan fingerprint density at radius 1 is 1.60 bits per heavy atom. The molecule has 2 atom stereocenters. The lowest BCUT2D eigenvalue weighted by Crippen LogP contribution is -2.23. The molecule has 2 aromatic rings. The van der Waals surface area contributed by atoms with Crippen LogP contribution >= 0.6 is 11.3 Å². The van der Waals surface area contributed by atoms with E-state index in [0.29, 0.717) is 18.7 Å². The van der Waals surface area contributed by atoms with Crippen LogP contribution in [0, 0.1) is 5.92 Å². The lowest BCUT2D eigenvalue weighted by atomic mass is 9.98. The maximum atomic E-state index is 11.7. The van der Waals surface area contributed by atoms with Crippen LogP contribution in [0.1, 0.15) is 25.0 Å². The second-order valence-electron chi connectivity index (χ2n) is 5.09. The topological polar surface area (TPSA) is 94.0 Å². The van der Waals surface area contributed by atoms with Crippen LogP contribution in [0.25, 0.3) is 5.13 Å². The van der Waals surface area contributed by atoms with Crippen molar-refractivity contribution in [1.82, 2.24) is 14.5 Å². The third-order valence-corrected chi connectivity index (χ3v) is 4.71. The SMILES string of the molecule is NCCCC1CC1(C(=O)O)c1cn(-c2nccs2)cn1. The standard InChI is InChI=1S/C13H16N4O2S/c14-3-1-2-9-6-13(9,11(18)19)10-7-17(8-16-10)12-15-4-5-20-12/h4-5,7-9H,1-3,6,14H2,(H,18,19). The molecule has 0 bridgehead atoms. The van der Waals surface area contributed by atoms with E-state index in [4.69, 9.17) is 5.73 Å².